The largest absolute Gasteiger partial charge is 0.506 e. The van der Waals surface area contributed by atoms with Gasteiger partial charge in [0.15, 0.2) is 0 Å². The highest BCUT2D eigenvalue weighted by Gasteiger charge is 2.11. The molecule has 0 amide bonds. The quantitative estimate of drug-likeness (QED) is 0.805. The first-order chi connectivity index (χ1) is 7.00. The van der Waals surface area contributed by atoms with Gasteiger partial charge >= 0.3 is 5.97 Å². The number of hydrogen-bond acceptors (Lipinski definition) is 2. The number of halogens is 2. The third-order valence-electron chi connectivity index (χ3n) is 1.95. The SMILES string of the molecule is O=C(O)CCC(Cl)c1ccc(O)c(Cl)c1. The van der Waals surface area contributed by atoms with Crippen LogP contribution in [0.3, 0.4) is 0 Å². The van der Waals surface area contributed by atoms with E-state index in [9.17, 15) is 9.90 Å². The molecule has 0 aromatic heterocycles. The molecule has 0 aliphatic heterocycles. The molecular weight excluding hydrogens is 239 g/mol. The number of phenolic OH excluding ortho intramolecular Hbond substituents is 1. The van der Waals surface area contributed by atoms with Crippen LogP contribution in [0.4, 0.5) is 0 Å². The predicted molar refractivity (Wildman–Crippen MR) is 58.6 cm³/mol. The summed E-state index contributed by atoms with van der Waals surface area (Å²) < 4.78 is 0. The van der Waals surface area contributed by atoms with Crippen LogP contribution in [0.1, 0.15) is 23.8 Å². The van der Waals surface area contributed by atoms with Crippen molar-refractivity contribution < 1.29 is 15.0 Å². The van der Waals surface area contributed by atoms with Crippen molar-refractivity contribution in [1.29, 1.82) is 0 Å². The van der Waals surface area contributed by atoms with E-state index in [1.807, 2.05) is 0 Å². The number of carboxylic acids is 1. The molecule has 0 aliphatic carbocycles. The van der Waals surface area contributed by atoms with E-state index in [-0.39, 0.29) is 17.2 Å². The zero-order valence-electron chi connectivity index (χ0n) is 7.78. The number of hydrogen-bond donors (Lipinski definition) is 2. The standard InChI is InChI=1S/C10H10Cl2O3/c11-7(2-4-10(14)15)6-1-3-9(13)8(12)5-6/h1,3,5,7,13H,2,4H2,(H,14,15). The highest BCUT2D eigenvalue weighted by atomic mass is 35.5. The molecule has 2 N–H and O–H groups in total. The van der Waals surface area contributed by atoms with E-state index < -0.39 is 11.3 Å². The molecule has 1 aromatic rings. The molecule has 0 fully saturated rings. The number of alkyl halides is 1. The van der Waals surface area contributed by atoms with Crippen LogP contribution in [0, 0.1) is 0 Å². The third-order valence-corrected chi connectivity index (χ3v) is 2.72. The summed E-state index contributed by atoms with van der Waals surface area (Å²) in [6, 6.07) is 4.60. The molecule has 1 rings (SSSR count). The van der Waals surface area contributed by atoms with Crippen LogP contribution in [0.5, 0.6) is 5.75 Å². The molecule has 82 valence electrons. The zero-order chi connectivity index (χ0) is 11.4. The van der Waals surface area contributed by atoms with E-state index >= 15 is 0 Å². The average molecular weight is 249 g/mol. The van der Waals surface area contributed by atoms with Crippen molar-refractivity contribution in [2.45, 2.75) is 18.2 Å². The summed E-state index contributed by atoms with van der Waals surface area (Å²) in [5.41, 5.74) is 0.709. The molecule has 5 heteroatoms. The fourth-order valence-electron chi connectivity index (χ4n) is 1.13. The first-order valence-corrected chi connectivity index (χ1v) is 5.16. The van der Waals surface area contributed by atoms with Crippen LogP contribution in [-0.4, -0.2) is 16.2 Å². The maximum absolute atomic E-state index is 10.3. The minimum atomic E-state index is -0.884. The molecule has 3 nitrogen and oxygen atoms in total. The third kappa shape index (κ3) is 3.61. The van der Waals surface area contributed by atoms with E-state index in [0.29, 0.717) is 12.0 Å². The highest BCUT2D eigenvalue weighted by molar-refractivity contribution is 6.32. The summed E-state index contributed by atoms with van der Waals surface area (Å²) in [6.45, 7) is 0. The number of phenols is 1. The van der Waals surface area contributed by atoms with Gasteiger partial charge < -0.3 is 10.2 Å². The number of carboxylic acid groups (broad SMARTS) is 1. The Morgan fingerprint density at radius 2 is 2.13 bits per heavy atom. The molecule has 0 radical (unpaired) electrons. The van der Waals surface area contributed by atoms with Crippen LogP contribution in [-0.2, 0) is 4.79 Å². The van der Waals surface area contributed by atoms with Crippen LogP contribution in [0.2, 0.25) is 5.02 Å². The van der Waals surface area contributed by atoms with Crippen molar-refractivity contribution >= 4 is 29.2 Å². The van der Waals surface area contributed by atoms with Gasteiger partial charge in [0.05, 0.1) is 10.4 Å². The molecule has 0 bridgehead atoms. The first kappa shape index (κ1) is 12.1. The summed E-state index contributed by atoms with van der Waals surface area (Å²) in [4.78, 5) is 10.3. The maximum atomic E-state index is 10.3. The van der Waals surface area contributed by atoms with Gasteiger partial charge in [-0.2, -0.15) is 0 Å². The molecule has 15 heavy (non-hydrogen) atoms. The minimum Gasteiger partial charge on any atom is -0.506 e. The molecule has 0 saturated heterocycles. The van der Waals surface area contributed by atoms with Crippen molar-refractivity contribution in [2.24, 2.45) is 0 Å². The van der Waals surface area contributed by atoms with Crippen molar-refractivity contribution in [1.82, 2.24) is 0 Å². The Bertz CT molecular complexity index is 366. The Morgan fingerprint density at radius 1 is 1.47 bits per heavy atom. The second kappa shape index (κ2) is 5.24. The van der Waals surface area contributed by atoms with Gasteiger partial charge in [0.25, 0.3) is 0 Å². The number of aromatic hydroxyl groups is 1. The van der Waals surface area contributed by atoms with Crippen molar-refractivity contribution in [3.63, 3.8) is 0 Å². The normalized spacial score (nSPS) is 12.4. The summed E-state index contributed by atoms with van der Waals surface area (Å²) in [7, 11) is 0. The minimum absolute atomic E-state index is 0.00661. The molecule has 1 atom stereocenters. The zero-order valence-corrected chi connectivity index (χ0v) is 9.29. The Hall–Kier alpha value is -0.930. The van der Waals surface area contributed by atoms with Gasteiger partial charge in [-0.1, -0.05) is 17.7 Å². The molecule has 0 aliphatic rings. The summed E-state index contributed by atoms with van der Waals surface area (Å²) in [5, 5.41) is 17.5. The van der Waals surface area contributed by atoms with Gasteiger partial charge in [-0.05, 0) is 24.1 Å². The number of rotatable bonds is 4. The maximum Gasteiger partial charge on any atom is 0.303 e. The lowest BCUT2D eigenvalue weighted by Gasteiger charge is -2.09. The summed E-state index contributed by atoms with van der Waals surface area (Å²) in [6.07, 6.45) is 0.338. The molecule has 1 aromatic carbocycles. The second-order valence-corrected chi connectivity index (χ2v) is 4.04. The molecule has 1 unspecified atom stereocenters. The number of benzene rings is 1. The van der Waals surface area contributed by atoms with Gasteiger partial charge in [-0.3, -0.25) is 4.79 Å². The lowest BCUT2D eigenvalue weighted by Crippen LogP contribution is -1.98. The molecule has 0 heterocycles. The average Bonchev–Trinajstić information content (AvgIpc) is 2.18. The fraction of sp³-hybridized carbons (Fsp3) is 0.300. The first-order valence-electron chi connectivity index (χ1n) is 4.35. The number of aliphatic carboxylic acids is 1. The lowest BCUT2D eigenvalue weighted by atomic mass is 10.1. The summed E-state index contributed by atoms with van der Waals surface area (Å²) in [5.74, 6) is -0.895. The predicted octanol–water partition coefficient (Wildman–Crippen LogP) is 3.19. The van der Waals surface area contributed by atoms with Gasteiger partial charge in [0.2, 0.25) is 0 Å². The van der Waals surface area contributed by atoms with Crippen LogP contribution in [0.15, 0.2) is 18.2 Å². The van der Waals surface area contributed by atoms with Gasteiger partial charge in [0, 0.05) is 6.42 Å². The highest BCUT2D eigenvalue weighted by Crippen LogP contribution is 2.31. The Labute approximate surface area is 97.2 Å². The van der Waals surface area contributed by atoms with Crippen LogP contribution >= 0.6 is 23.2 Å². The Morgan fingerprint density at radius 3 is 2.67 bits per heavy atom. The molecular formula is C10H10Cl2O3. The molecule has 0 saturated carbocycles. The summed E-state index contributed by atoms with van der Waals surface area (Å²) >= 11 is 11.7. The van der Waals surface area contributed by atoms with Crippen molar-refractivity contribution in [3.8, 4) is 5.75 Å². The van der Waals surface area contributed by atoms with Crippen LogP contribution in [0.25, 0.3) is 0 Å². The topological polar surface area (TPSA) is 57.5 Å². The lowest BCUT2D eigenvalue weighted by molar-refractivity contribution is -0.137. The van der Waals surface area contributed by atoms with E-state index in [2.05, 4.69) is 0 Å². The Balaban J connectivity index is 2.69. The van der Waals surface area contributed by atoms with Gasteiger partial charge in [-0.25, -0.2) is 0 Å². The van der Waals surface area contributed by atoms with Crippen molar-refractivity contribution in [3.05, 3.63) is 28.8 Å². The van der Waals surface area contributed by atoms with Crippen LogP contribution < -0.4 is 0 Å². The van der Waals surface area contributed by atoms with E-state index in [4.69, 9.17) is 28.3 Å². The Kier molecular flexibility index (Phi) is 4.24. The molecule has 0 spiro atoms. The monoisotopic (exact) mass is 248 g/mol. The van der Waals surface area contributed by atoms with Crippen molar-refractivity contribution in [2.75, 3.05) is 0 Å². The second-order valence-electron chi connectivity index (χ2n) is 3.11. The van der Waals surface area contributed by atoms with E-state index in [0.717, 1.165) is 0 Å². The van der Waals surface area contributed by atoms with Gasteiger partial charge in [-0.15, -0.1) is 11.6 Å². The van der Waals surface area contributed by atoms with Gasteiger partial charge in [0.1, 0.15) is 5.75 Å². The van der Waals surface area contributed by atoms with E-state index in [1.165, 1.54) is 12.1 Å². The number of carbonyl (C=O) groups is 1. The fourth-order valence-corrected chi connectivity index (χ4v) is 1.57. The smallest absolute Gasteiger partial charge is 0.303 e. The van der Waals surface area contributed by atoms with E-state index in [1.54, 1.807) is 6.07 Å².